The van der Waals surface area contributed by atoms with Crippen molar-refractivity contribution in [2.75, 3.05) is 12.4 Å². The van der Waals surface area contributed by atoms with Crippen molar-refractivity contribution in [2.45, 2.75) is 25.9 Å². The molecule has 43 heavy (non-hydrogen) atoms. The van der Waals surface area contributed by atoms with Crippen molar-refractivity contribution >= 4 is 57.6 Å². The highest BCUT2D eigenvalue weighted by atomic mass is 32.2. The zero-order valence-corrected chi connectivity index (χ0v) is 25.5. The van der Waals surface area contributed by atoms with E-state index >= 15 is 8.78 Å². The Morgan fingerprint density at radius 3 is 2.37 bits per heavy atom. The van der Waals surface area contributed by atoms with E-state index in [1.165, 1.54) is 60.7 Å². The summed E-state index contributed by atoms with van der Waals surface area (Å²) in [4.78, 5) is 35.0. The molecule has 4 aromatic rings. The molecule has 1 atom stereocenters. The fraction of sp³-hybridized carbons (Fsp3) is 0.241. The normalized spacial score (nSPS) is 13.0. The van der Waals surface area contributed by atoms with Gasteiger partial charge in [-0.2, -0.15) is 8.78 Å². The summed E-state index contributed by atoms with van der Waals surface area (Å²) < 4.78 is 62.0. The second-order valence-corrected chi connectivity index (χ2v) is 13.8. The summed E-state index contributed by atoms with van der Waals surface area (Å²) in [6, 6.07) is 17.3. The summed E-state index contributed by atoms with van der Waals surface area (Å²) in [5.74, 6) is -0.653. The second kappa shape index (κ2) is 13.8. The number of alkyl halides is 2. The zero-order chi connectivity index (χ0) is 31.2. The Balaban J connectivity index is 1.55. The maximum Gasteiger partial charge on any atom is 0.453 e. The van der Waals surface area contributed by atoms with Crippen LogP contribution in [0.4, 0.5) is 14.5 Å². The molecule has 0 radical (unpaired) electrons. The van der Waals surface area contributed by atoms with Gasteiger partial charge >= 0.3 is 19.2 Å². The van der Waals surface area contributed by atoms with Crippen LogP contribution >= 0.6 is 30.7 Å². The quantitative estimate of drug-likeness (QED) is 0.0350. The number of thiophene rings is 1. The average Bonchev–Trinajstić information content (AvgIpc) is 3.40. The van der Waals surface area contributed by atoms with Crippen molar-refractivity contribution < 1.29 is 41.6 Å². The third kappa shape index (κ3) is 8.05. The van der Waals surface area contributed by atoms with E-state index < -0.39 is 36.3 Å². The van der Waals surface area contributed by atoms with E-state index in [2.05, 4.69) is 0 Å². The summed E-state index contributed by atoms with van der Waals surface area (Å²) in [5.41, 5.74) is -4.94. The lowest BCUT2D eigenvalue weighted by molar-refractivity contribution is -0.384. The maximum absolute atomic E-state index is 16.0. The van der Waals surface area contributed by atoms with Gasteiger partial charge in [-0.3, -0.25) is 19.4 Å². The molecular formula is C29H26F2NO8PS2. The number of fused-ring (bicyclic) bond motifs is 1. The number of esters is 1. The lowest BCUT2D eigenvalue weighted by Crippen LogP contribution is -2.20. The number of carbonyl (C=O) groups is 2. The molecule has 0 fully saturated rings. The number of carbonyl (C=O) groups excluding carboxylic acids is 2. The van der Waals surface area contributed by atoms with Crippen LogP contribution in [0.25, 0.3) is 10.1 Å². The lowest BCUT2D eigenvalue weighted by atomic mass is 10.1. The molecule has 14 heteroatoms. The smallest absolute Gasteiger partial charge is 0.422 e. The number of nitro groups is 1. The Morgan fingerprint density at radius 2 is 1.72 bits per heavy atom. The van der Waals surface area contributed by atoms with Crippen LogP contribution in [0.2, 0.25) is 0 Å². The molecule has 226 valence electrons. The van der Waals surface area contributed by atoms with Gasteiger partial charge in [0.2, 0.25) is 0 Å². The molecular weight excluding hydrogens is 623 g/mol. The number of para-hydroxylation sites is 1. The van der Waals surface area contributed by atoms with Crippen LogP contribution in [0, 0.1) is 16.0 Å². The Hall–Kier alpha value is -3.64. The van der Waals surface area contributed by atoms with Gasteiger partial charge in [0.1, 0.15) is 16.4 Å². The third-order valence-electron chi connectivity index (χ3n) is 5.82. The Kier molecular flexibility index (Phi) is 10.3. The Bertz CT molecular complexity index is 1660. The van der Waals surface area contributed by atoms with Crippen molar-refractivity contribution in [3.63, 3.8) is 0 Å². The minimum Gasteiger partial charge on any atom is -0.422 e. The molecule has 9 nitrogen and oxygen atoms in total. The fourth-order valence-electron chi connectivity index (χ4n) is 3.77. The number of halogens is 2. The van der Waals surface area contributed by atoms with Crippen molar-refractivity contribution in [3.05, 3.63) is 99.4 Å². The van der Waals surface area contributed by atoms with Gasteiger partial charge in [0.25, 0.3) is 5.69 Å². The minimum atomic E-state index is -5.20. The van der Waals surface area contributed by atoms with Crippen molar-refractivity contribution in [1.82, 2.24) is 0 Å². The summed E-state index contributed by atoms with van der Waals surface area (Å²) in [6.45, 7) is 3.34. The molecule has 1 unspecified atom stereocenters. The fourth-order valence-corrected chi connectivity index (χ4v) is 7.18. The summed E-state index contributed by atoms with van der Waals surface area (Å²) in [7, 11) is -5.20. The number of thioether (sulfide) groups is 1. The van der Waals surface area contributed by atoms with Gasteiger partial charge in [-0.05, 0) is 53.8 Å². The van der Waals surface area contributed by atoms with E-state index in [0.29, 0.717) is 11.1 Å². The van der Waals surface area contributed by atoms with Crippen molar-refractivity contribution in [1.29, 1.82) is 0 Å². The average molecular weight is 650 g/mol. The molecule has 1 aromatic heterocycles. The number of non-ortho nitro benzene ring substituents is 1. The first kappa shape index (κ1) is 32.3. The Labute approximate surface area is 253 Å². The number of hydrogen-bond acceptors (Lipinski definition) is 10. The van der Waals surface area contributed by atoms with Gasteiger partial charge in [-0.25, -0.2) is 9.36 Å². The minimum absolute atomic E-state index is 0.00751. The third-order valence-corrected chi connectivity index (χ3v) is 9.69. The highest BCUT2D eigenvalue weighted by Gasteiger charge is 2.56. The molecule has 1 heterocycles. The van der Waals surface area contributed by atoms with Crippen molar-refractivity contribution in [3.8, 4) is 11.5 Å². The van der Waals surface area contributed by atoms with E-state index in [4.69, 9.17) is 13.8 Å². The molecule has 0 aliphatic rings. The molecule has 0 amide bonds. The summed E-state index contributed by atoms with van der Waals surface area (Å²) in [6.07, 6.45) is 0.309. The Morgan fingerprint density at radius 1 is 1.02 bits per heavy atom. The van der Waals surface area contributed by atoms with Crippen LogP contribution in [0.5, 0.6) is 11.5 Å². The van der Waals surface area contributed by atoms with Crippen LogP contribution in [-0.4, -0.2) is 28.4 Å². The number of benzene rings is 3. The van der Waals surface area contributed by atoms with Gasteiger partial charge in [-0.1, -0.05) is 49.9 Å². The monoisotopic (exact) mass is 649 g/mol. The number of hydrogen-bond donors (Lipinski definition) is 0. The second-order valence-electron chi connectivity index (χ2n) is 9.60. The van der Waals surface area contributed by atoms with Gasteiger partial charge in [0.05, 0.1) is 11.5 Å². The molecule has 0 aliphatic carbocycles. The first-order valence-corrected chi connectivity index (χ1v) is 16.3. The standard InChI is InChI=1S/C29H26F2NO8PS2/c1-19(2)16-27(33)42-15-14-38-41(37,40-24-6-4-3-5-7-24)29(30,31)21-8-13-25-20(17-21)18-26(43-25)28(34)39-23-11-9-22(10-12-23)32(35)36/h3-13,17-19H,14-16H2,1-2H3. The molecule has 0 bridgehead atoms. The molecule has 0 N–H and O–H groups in total. The van der Waals surface area contributed by atoms with Gasteiger partial charge < -0.3 is 9.26 Å². The number of rotatable bonds is 13. The van der Waals surface area contributed by atoms with E-state index in [9.17, 15) is 24.3 Å². The van der Waals surface area contributed by atoms with Gasteiger partial charge in [0, 0.05) is 34.6 Å². The first-order valence-electron chi connectivity index (χ1n) is 12.9. The van der Waals surface area contributed by atoms with Crippen LogP contribution in [-0.2, 0) is 19.5 Å². The van der Waals surface area contributed by atoms with Crippen LogP contribution in [0.15, 0.2) is 78.9 Å². The maximum atomic E-state index is 16.0. The molecule has 3 aromatic carbocycles. The largest absolute Gasteiger partial charge is 0.453 e. The molecule has 0 saturated heterocycles. The van der Waals surface area contributed by atoms with Crippen LogP contribution in [0.3, 0.4) is 0 Å². The van der Waals surface area contributed by atoms with Gasteiger partial charge in [0.15, 0.2) is 5.12 Å². The number of ether oxygens (including phenoxy) is 1. The van der Waals surface area contributed by atoms with Crippen LogP contribution < -0.4 is 9.26 Å². The van der Waals surface area contributed by atoms with E-state index in [1.54, 1.807) is 6.07 Å². The van der Waals surface area contributed by atoms with E-state index in [-0.39, 0.29) is 44.2 Å². The summed E-state index contributed by atoms with van der Waals surface area (Å²) >= 11 is 1.90. The first-order chi connectivity index (χ1) is 20.4. The molecule has 0 spiro atoms. The van der Waals surface area contributed by atoms with E-state index in [0.717, 1.165) is 35.2 Å². The highest BCUT2D eigenvalue weighted by molar-refractivity contribution is 8.13. The lowest BCUT2D eigenvalue weighted by Gasteiger charge is -2.27. The zero-order valence-electron chi connectivity index (χ0n) is 22.9. The SMILES string of the molecule is CC(C)CC(=O)SCCOP(=O)(Oc1ccccc1)C(F)(F)c1ccc2sc(C(=O)Oc3ccc([N+](=O)[O-])cc3)cc2c1. The predicted molar refractivity (Wildman–Crippen MR) is 161 cm³/mol. The summed E-state index contributed by atoms with van der Waals surface area (Å²) in [5, 5.41) is 11.0. The molecule has 0 saturated carbocycles. The van der Waals surface area contributed by atoms with Crippen LogP contribution in [0.1, 0.15) is 35.5 Å². The van der Waals surface area contributed by atoms with Gasteiger partial charge in [-0.15, -0.1) is 11.3 Å². The van der Waals surface area contributed by atoms with E-state index in [1.807, 2.05) is 13.8 Å². The number of nitro benzene ring substituents is 1. The highest BCUT2D eigenvalue weighted by Crippen LogP contribution is 2.66. The van der Waals surface area contributed by atoms with Crippen molar-refractivity contribution in [2.24, 2.45) is 5.92 Å². The molecule has 0 aliphatic heterocycles. The predicted octanol–water partition coefficient (Wildman–Crippen LogP) is 8.67. The topological polar surface area (TPSA) is 122 Å². The number of nitrogens with zero attached hydrogens (tertiary/aromatic N) is 1. The molecule has 4 rings (SSSR count).